The predicted molar refractivity (Wildman–Crippen MR) is 77.0 cm³/mol. The van der Waals surface area contributed by atoms with Crippen LogP contribution in [0.15, 0.2) is 18.5 Å². The molecule has 1 aliphatic carbocycles. The molecule has 100 valence electrons. The van der Waals surface area contributed by atoms with E-state index in [9.17, 15) is 0 Å². The van der Waals surface area contributed by atoms with Gasteiger partial charge in [0.15, 0.2) is 0 Å². The van der Waals surface area contributed by atoms with Crippen LogP contribution < -0.4 is 5.32 Å². The van der Waals surface area contributed by atoms with E-state index < -0.39 is 0 Å². The summed E-state index contributed by atoms with van der Waals surface area (Å²) >= 11 is 6.12. The van der Waals surface area contributed by atoms with Crippen molar-refractivity contribution in [3.63, 3.8) is 0 Å². The highest BCUT2D eigenvalue weighted by molar-refractivity contribution is 6.31. The maximum atomic E-state index is 6.12. The second-order valence-corrected chi connectivity index (χ2v) is 5.66. The zero-order valence-electron chi connectivity index (χ0n) is 11.2. The van der Waals surface area contributed by atoms with Gasteiger partial charge in [-0.15, -0.1) is 0 Å². The largest absolute Gasteiger partial charge is 0.314 e. The molecule has 0 spiro atoms. The van der Waals surface area contributed by atoms with Crippen molar-refractivity contribution in [3.8, 4) is 0 Å². The number of halogens is 1. The Hall–Kier alpha value is -0.600. The molecule has 0 amide bonds. The Balaban J connectivity index is 1.74. The fraction of sp³-hybridized carbons (Fsp3) is 0.667. The van der Waals surface area contributed by atoms with Crippen molar-refractivity contribution >= 4 is 11.6 Å². The number of hydrogen-bond donors (Lipinski definition) is 1. The smallest absolute Gasteiger partial charge is 0.0621 e. The molecule has 1 fully saturated rings. The summed E-state index contributed by atoms with van der Waals surface area (Å²) in [4.78, 5) is 4.02. The number of nitrogens with one attached hydrogen (secondary N) is 1. The van der Waals surface area contributed by atoms with Gasteiger partial charge in [0, 0.05) is 18.4 Å². The first-order valence-electron chi connectivity index (χ1n) is 7.13. The molecular weight excluding hydrogens is 244 g/mol. The van der Waals surface area contributed by atoms with Crippen LogP contribution in [0, 0.1) is 5.92 Å². The Bertz CT molecular complexity index is 363. The van der Waals surface area contributed by atoms with Gasteiger partial charge < -0.3 is 5.32 Å². The lowest BCUT2D eigenvalue weighted by Crippen LogP contribution is -2.31. The Morgan fingerprint density at radius 3 is 3.00 bits per heavy atom. The van der Waals surface area contributed by atoms with Crippen molar-refractivity contribution in [2.45, 2.75) is 51.5 Å². The summed E-state index contributed by atoms with van der Waals surface area (Å²) < 4.78 is 0. The monoisotopic (exact) mass is 266 g/mol. The van der Waals surface area contributed by atoms with E-state index in [1.54, 1.807) is 6.20 Å². The quantitative estimate of drug-likeness (QED) is 0.773. The number of hydrogen-bond acceptors (Lipinski definition) is 2. The van der Waals surface area contributed by atoms with Gasteiger partial charge in [0.1, 0.15) is 0 Å². The van der Waals surface area contributed by atoms with E-state index in [-0.39, 0.29) is 0 Å². The lowest BCUT2D eigenvalue weighted by Gasteiger charge is -2.17. The Morgan fingerprint density at radius 1 is 1.50 bits per heavy atom. The topological polar surface area (TPSA) is 24.9 Å². The summed E-state index contributed by atoms with van der Waals surface area (Å²) in [6.45, 7) is 3.38. The van der Waals surface area contributed by atoms with E-state index in [0.717, 1.165) is 29.9 Å². The predicted octanol–water partition coefficient (Wildman–Crippen LogP) is 3.84. The molecular formula is C15H23ClN2. The minimum atomic E-state index is 0.727. The van der Waals surface area contributed by atoms with Crippen molar-refractivity contribution in [2.75, 3.05) is 6.54 Å². The average Bonchev–Trinajstić information content (AvgIpc) is 3.20. The molecule has 0 aromatic carbocycles. The van der Waals surface area contributed by atoms with Crippen molar-refractivity contribution < 1.29 is 0 Å². The fourth-order valence-electron chi connectivity index (χ4n) is 2.45. The lowest BCUT2D eigenvalue weighted by atomic mass is 10.0. The second-order valence-electron chi connectivity index (χ2n) is 5.26. The van der Waals surface area contributed by atoms with E-state index in [1.807, 2.05) is 12.3 Å². The Morgan fingerprint density at radius 2 is 2.33 bits per heavy atom. The van der Waals surface area contributed by atoms with Gasteiger partial charge >= 0.3 is 0 Å². The van der Waals surface area contributed by atoms with Crippen LogP contribution in [0.4, 0.5) is 0 Å². The molecule has 1 saturated carbocycles. The summed E-state index contributed by atoms with van der Waals surface area (Å²) in [5.74, 6) is 0.935. The minimum Gasteiger partial charge on any atom is -0.314 e. The van der Waals surface area contributed by atoms with Gasteiger partial charge in [0.2, 0.25) is 0 Å². The van der Waals surface area contributed by atoms with E-state index in [2.05, 4.69) is 17.2 Å². The van der Waals surface area contributed by atoms with E-state index in [0.29, 0.717) is 0 Å². The van der Waals surface area contributed by atoms with Crippen molar-refractivity contribution in [1.29, 1.82) is 0 Å². The normalized spacial score (nSPS) is 16.8. The maximum Gasteiger partial charge on any atom is 0.0621 e. The summed E-state index contributed by atoms with van der Waals surface area (Å²) in [6.07, 6.45) is 11.2. The van der Waals surface area contributed by atoms with Crippen LogP contribution in [-0.2, 0) is 6.42 Å². The third-order valence-corrected chi connectivity index (χ3v) is 4.01. The molecule has 18 heavy (non-hydrogen) atoms. The van der Waals surface area contributed by atoms with Crippen LogP contribution in [0.1, 0.15) is 44.6 Å². The van der Waals surface area contributed by atoms with E-state index in [4.69, 9.17) is 11.6 Å². The fourth-order valence-corrected chi connectivity index (χ4v) is 2.67. The van der Waals surface area contributed by atoms with Gasteiger partial charge in [0.05, 0.1) is 5.02 Å². The van der Waals surface area contributed by atoms with E-state index >= 15 is 0 Å². The highest BCUT2D eigenvalue weighted by Crippen LogP contribution is 2.34. The molecule has 1 atom stereocenters. The van der Waals surface area contributed by atoms with Crippen LogP contribution in [0.3, 0.4) is 0 Å². The highest BCUT2D eigenvalue weighted by atomic mass is 35.5. The molecule has 1 unspecified atom stereocenters. The molecule has 0 aliphatic heterocycles. The highest BCUT2D eigenvalue weighted by Gasteiger charge is 2.29. The van der Waals surface area contributed by atoms with Crippen LogP contribution in [0.25, 0.3) is 0 Å². The molecule has 1 aromatic rings. The Labute approximate surface area is 115 Å². The third kappa shape index (κ3) is 4.25. The van der Waals surface area contributed by atoms with Gasteiger partial charge in [0.25, 0.3) is 0 Å². The zero-order chi connectivity index (χ0) is 12.8. The van der Waals surface area contributed by atoms with Crippen LogP contribution in [0.2, 0.25) is 5.02 Å². The molecule has 0 bridgehead atoms. The molecule has 1 heterocycles. The first kappa shape index (κ1) is 13.8. The standard InChI is InChI=1S/C15H23ClN2/c1-2-9-18-15(13-6-7-13)5-3-4-12-8-10-17-11-14(12)16/h8,10-11,13,15,18H,2-7,9H2,1H3. The van der Waals surface area contributed by atoms with Crippen molar-refractivity contribution in [2.24, 2.45) is 5.92 Å². The van der Waals surface area contributed by atoms with Gasteiger partial charge in [-0.1, -0.05) is 18.5 Å². The van der Waals surface area contributed by atoms with Crippen LogP contribution >= 0.6 is 11.6 Å². The van der Waals surface area contributed by atoms with Gasteiger partial charge in [-0.05, 0) is 62.6 Å². The summed E-state index contributed by atoms with van der Waals surface area (Å²) in [5.41, 5.74) is 1.23. The summed E-state index contributed by atoms with van der Waals surface area (Å²) in [5, 5.41) is 4.49. The van der Waals surface area contributed by atoms with Gasteiger partial charge in [-0.3, -0.25) is 4.98 Å². The van der Waals surface area contributed by atoms with Crippen LogP contribution in [0.5, 0.6) is 0 Å². The van der Waals surface area contributed by atoms with E-state index in [1.165, 1.54) is 37.7 Å². The first-order chi connectivity index (χ1) is 8.81. The molecule has 3 heteroatoms. The lowest BCUT2D eigenvalue weighted by molar-refractivity contribution is 0.425. The molecule has 1 N–H and O–H groups in total. The minimum absolute atomic E-state index is 0.727. The number of nitrogens with zero attached hydrogens (tertiary/aromatic N) is 1. The Kier molecular flexibility index (Phi) is 5.45. The molecule has 0 radical (unpaired) electrons. The maximum absolute atomic E-state index is 6.12. The number of aryl methyl sites for hydroxylation is 1. The summed E-state index contributed by atoms with van der Waals surface area (Å²) in [6, 6.07) is 2.76. The van der Waals surface area contributed by atoms with Crippen molar-refractivity contribution in [3.05, 3.63) is 29.0 Å². The van der Waals surface area contributed by atoms with Crippen molar-refractivity contribution in [1.82, 2.24) is 10.3 Å². The average molecular weight is 267 g/mol. The summed E-state index contributed by atoms with van der Waals surface area (Å²) in [7, 11) is 0. The molecule has 0 saturated heterocycles. The van der Waals surface area contributed by atoms with Crippen LogP contribution in [-0.4, -0.2) is 17.6 Å². The SMILES string of the molecule is CCCNC(CCCc1ccncc1Cl)C1CC1. The number of aromatic nitrogens is 1. The van der Waals surface area contributed by atoms with Gasteiger partial charge in [-0.2, -0.15) is 0 Å². The second kappa shape index (κ2) is 7.10. The third-order valence-electron chi connectivity index (χ3n) is 3.67. The molecule has 2 rings (SSSR count). The first-order valence-corrected chi connectivity index (χ1v) is 7.50. The molecule has 1 aliphatic rings. The molecule has 1 aromatic heterocycles. The number of pyridine rings is 1. The van der Waals surface area contributed by atoms with Gasteiger partial charge in [-0.25, -0.2) is 0 Å². The zero-order valence-corrected chi connectivity index (χ0v) is 11.9. The molecule has 2 nitrogen and oxygen atoms in total. The number of rotatable bonds is 8.